The Kier molecular flexibility index (Phi) is 1.52. The zero-order valence-electron chi connectivity index (χ0n) is 7.04. The van der Waals surface area contributed by atoms with E-state index in [-0.39, 0.29) is 17.9 Å². The summed E-state index contributed by atoms with van der Waals surface area (Å²) < 4.78 is 13.2. The number of amides is 1. The molecule has 4 heteroatoms. The van der Waals surface area contributed by atoms with Crippen molar-refractivity contribution >= 4 is 11.6 Å². The largest absolute Gasteiger partial charge is 0.505 e. The number of nitrogens with zero attached hydrogens (tertiary/aromatic N) is 1. The first kappa shape index (κ1) is 8.04. The van der Waals surface area contributed by atoms with Crippen LogP contribution in [0.5, 0.6) is 5.75 Å². The van der Waals surface area contributed by atoms with Gasteiger partial charge in [-0.05, 0) is 12.1 Å². The van der Waals surface area contributed by atoms with Crippen LogP contribution in [-0.2, 0) is 11.2 Å². The van der Waals surface area contributed by atoms with Crippen LogP contribution in [-0.4, -0.2) is 18.1 Å². The smallest absolute Gasteiger partial charge is 0.231 e. The van der Waals surface area contributed by atoms with E-state index in [4.69, 9.17) is 5.11 Å². The molecule has 1 amide bonds. The molecule has 1 aromatic carbocycles. The summed E-state index contributed by atoms with van der Waals surface area (Å²) in [6.45, 7) is 0. The van der Waals surface area contributed by atoms with Crippen LogP contribution < -0.4 is 4.90 Å². The minimum Gasteiger partial charge on any atom is -0.505 e. The van der Waals surface area contributed by atoms with Crippen molar-refractivity contribution in [2.24, 2.45) is 0 Å². The first-order chi connectivity index (χ1) is 6.11. The number of aromatic hydroxyl groups is 1. The van der Waals surface area contributed by atoms with Crippen LogP contribution in [0.15, 0.2) is 12.1 Å². The molecule has 3 nitrogen and oxygen atoms in total. The van der Waals surface area contributed by atoms with E-state index in [1.807, 2.05) is 0 Å². The van der Waals surface area contributed by atoms with Crippen LogP contribution in [0.4, 0.5) is 10.1 Å². The van der Waals surface area contributed by atoms with E-state index in [1.54, 1.807) is 13.1 Å². The van der Waals surface area contributed by atoms with Gasteiger partial charge in [-0.15, -0.1) is 0 Å². The monoisotopic (exact) mass is 181 g/mol. The molecular formula is C9H8FNO2. The highest BCUT2D eigenvalue weighted by Gasteiger charge is 2.27. The van der Waals surface area contributed by atoms with Crippen LogP contribution in [0.1, 0.15) is 5.56 Å². The van der Waals surface area contributed by atoms with Crippen LogP contribution in [0.3, 0.4) is 0 Å². The first-order valence-electron chi connectivity index (χ1n) is 3.88. The number of halogens is 1. The lowest BCUT2D eigenvalue weighted by atomic mass is 10.1. The van der Waals surface area contributed by atoms with Gasteiger partial charge in [0.2, 0.25) is 5.91 Å². The highest BCUT2D eigenvalue weighted by Crippen LogP contribution is 2.33. The summed E-state index contributed by atoms with van der Waals surface area (Å²) in [6.07, 6.45) is 0.0338. The summed E-state index contributed by atoms with van der Waals surface area (Å²) >= 11 is 0. The topological polar surface area (TPSA) is 40.5 Å². The fraction of sp³-hybridized carbons (Fsp3) is 0.222. The second-order valence-corrected chi connectivity index (χ2v) is 3.03. The number of rotatable bonds is 0. The van der Waals surface area contributed by atoms with E-state index >= 15 is 0 Å². The van der Waals surface area contributed by atoms with Crippen molar-refractivity contribution in [3.63, 3.8) is 0 Å². The van der Waals surface area contributed by atoms with Gasteiger partial charge in [0, 0.05) is 12.6 Å². The predicted molar refractivity (Wildman–Crippen MR) is 45.2 cm³/mol. The van der Waals surface area contributed by atoms with Gasteiger partial charge in [-0.2, -0.15) is 0 Å². The number of carbonyl (C=O) groups excluding carboxylic acids is 1. The number of hydrogen-bond donors (Lipinski definition) is 1. The molecule has 0 aliphatic carbocycles. The summed E-state index contributed by atoms with van der Waals surface area (Å²) in [6, 6.07) is 2.79. The molecule has 2 rings (SSSR count). The molecule has 1 aliphatic rings. The van der Waals surface area contributed by atoms with E-state index in [2.05, 4.69) is 0 Å². The summed E-state index contributed by atoms with van der Waals surface area (Å²) in [5, 5.41) is 9.05. The minimum atomic E-state index is -0.685. The zero-order valence-corrected chi connectivity index (χ0v) is 7.04. The molecule has 0 saturated carbocycles. The third kappa shape index (κ3) is 0.983. The Labute approximate surface area is 74.4 Å². The van der Waals surface area contributed by atoms with Crippen molar-refractivity contribution in [2.45, 2.75) is 6.42 Å². The Bertz CT molecular complexity index is 389. The van der Waals surface area contributed by atoms with Gasteiger partial charge >= 0.3 is 0 Å². The Morgan fingerprint density at radius 1 is 1.54 bits per heavy atom. The van der Waals surface area contributed by atoms with E-state index in [1.165, 1.54) is 11.0 Å². The number of phenolic OH excluding ortho intramolecular Hbond substituents is 1. The highest BCUT2D eigenvalue weighted by atomic mass is 19.1. The molecule has 68 valence electrons. The third-order valence-corrected chi connectivity index (χ3v) is 2.26. The second kappa shape index (κ2) is 2.45. The Hall–Kier alpha value is -1.58. The summed E-state index contributed by atoms with van der Waals surface area (Å²) in [5.41, 5.74) is 0.827. The molecule has 0 fully saturated rings. The number of benzene rings is 1. The quantitative estimate of drug-likeness (QED) is 0.649. The summed E-state index contributed by atoms with van der Waals surface area (Å²) in [4.78, 5) is 12.6. The molecule has 0 aromatic heterocycles. The van der Waals surface area contributed by atoms with E-state index in [9.17, 15) is 9.18 Å². The number of phenols is 1. The number of hydrogen-bond acceptors (Lipinski definition) is 2. The molecule has 13 heavy (non-hydrogen) atoms. The molecule has 0 saturated heterocycles. The fourth-order valence-electron chi connectivity index (χ4n) is 1.49. The highest BCUT2D eigenvalue weighted by molar-refractivity contribution is 6.01. The molecule has 0 spiro atoms. The molecule has 1 N–H and O–H groups in total. The van der Waals surface area contributed by atoms with Crippen LogP contribution >= 0.6 is 0 Å². The number of fused-ring (bicyclic) bond motifs is 1. The average molecular weight is 181 g/mol. The molecule has 0 atom stereocenters. The normalized spacial score (nSPS) is 14.9. The maximum atomic E-state index is 13.2. The zero-order chi connectivity index (χ0) is 9.59. The molecular weight excluding hydrogens is 173 g/mol. The van der Waals surface area contributed by atoms with Crippen molar-refractivity contribution < 1.29 is 14.3 Å². The van der Waals surface area contributed by atoms with Gasteiger partial charge in [-0.1, -0.05) is 0 Å². The Morgan fingerprint density at radius 3 is 2.92 bits per heavy atom. The van der Waals surface area contributed by atoms with E-state index in [0.717, 1.165) is 0 Å². The molecule has 1 aromatic rings. The van der Waals surface area contributed by atoms with Crippen molar-refractivity contribution in [1.29, 1.82) is 0 Å². The lowest BCUT2D eigenvalue weighted by molar-refractivity contribution is -0.117. The maximum Gasteiger partial charge on any atom is 0.231 e. The van der Waals surface area contributed by atoms with Gasteiger partial charge in [-0.3, -0.25) is 4.79 Å². The Balaban J connectivity index is 2.64. The Morgan fingerprint density at radius 2 is 2.23 bits per heavy atom. The van der Waals surface area contributed by atoms with E-state index in [0.29, 0.717) is 5.69 Å². The third-order valence-electron chi connectivity index (χ3n) is 2.26. The molecule has 0 radical (unpaired) electrons. The van der Waals surface area contributed by atoms with Gasteiger partial charge in [0.25, 0.3) is 0 Å². The fourth-order valence-corrected chi connectivity index (χ4v) is 1.49. The summed E-state index contributed by atoms with van der Waals surface area (Å²) in [7, 11) is 1.59. The number of carbonyl (C=O) groups is 1. The van der Waals surface area contributed by atoms with Crippen molar-refractivity contribution in [3.8, 4) is 5.75 Å². The van der Waals surface area contributed by atoms with E-state index < -0.39 is 11.6 Å². The van der Waals surface area contributed by atoms with Crippen molar-refractivity contribution in [2.75, 3.05) is 11.9 Å². The first-order valence-corrected chi connectivity index (χ1v) is 3.88. The maximum absolute atomic E-state index is 13.2. The minimum absolute atomic E-state index is 0.0338. The second-order valence-electron chi connectivity index (χ2n) is 3.03. The standard InChI is InChI=1S/C9H8FNO2/c1-11-6-2-3-7(12)9(10)5(6)4-8(11)13/h2-3,12H,4H2,1H3. The molecule has 1 heterocycles. The molecule has 0 bridgehead atoms. The van der Waals surface area contributed by atoms with Gasteiger partial charge in [0.1, 0.15) is 0 Å². The SMILES string of the molecule is CN1C(=O)Cc2c1ccc(O)c2F. The van der Waals surface area contributed by atoms with Gasteiger partial charge < -0.3 is 10.0 Å². The van der Waals surface area contributed by atoms with Gasteiger partial charge in [-0.25, -0.2) is 4.39 Å². The van der Waals surface area contributed by atoms with Gasteiger partial charge in [0.15, 0.2) is 11.6 Å². The van der Waals surface area contributed by atoms with Gasteiger partial charge in [0.05, 0.1) is 12.1 Å². The lowest BCUT2D eigenvalue weighted by Crippen LogP contribution is -2.20. The average Bonchev–Trinajstić information content (AvgIpc) is 2.38. The van der Waals surface area contributed by atoms with Crippen molar-refractivity contribution in [1.82, 2.24) is 0 Å². The van der Waals surface area contributed by atoms with Crippen LogP contribution in [0.25, 0.3) is 0 Å². The summed E-state index contributed by atoms with van der Waals surface area (Å²) in [5.74, 6) is -1.24. The number of likely N-dealkylation sites (N-methyl/N-ethyl adjacent to an activating group) is 1. The number of anilines is 1. The molecule has 0 unspecified atom stereocenters. The van der Waals surface area contributed by atoms with Crippen LogP contribution in [0, 0.1) is 5.82 Å². The predicted octanol–water partition coefficient (Wildman–Crippen LogP) is 1.05. The molecule has 1 aliphatic heterocycles. The lowest BCUT2D eigenvalue weighted by Gasteiger charge is -2.09. The van der Waals surface area contributed by atoms with Crippen molar-refractivity contribution in [3.05, 3.63) is 23.5 Å². The van der Waals surface area contributed by atoms with Crippen LogP contribution in [0.2, 0.25) is 0 Å².